The van der Waals surface area contributed by atoms with Crippen LogP contribution >= 0.6 is 0 Å². The Hall–Kier alpha value is -3.00. The van der Waals surface area contributed by atoms with Gasteiger partial charge in [-0.3, -0.25) is 0 Å². The second-order valence-electron chi connectivity index (χ2n) is 8.95. The fourth-order valence-corrected chi connectivity index (χ4v) is 4.40. The molecule has 0 atom stereocenters. The SMILES string of the molecule is COC(=O)c1cc(N2CC3(CCCOC3)C2)c(C(=N)C(C)C)c(Nc2ccc(F)cc2)n1. The Morgan fingerprint density at radius 1 is 1.31 bits per heavy atom. The zero-order valence-corrected chi connectivity index (χ0v) is 18.7. The molecule has 2 aromatic rings. The topological polar surface area (TPSA) is 87.5 Å². The summed E-state index contributed by atoms with van der Waals surface area (Å²) in [7, 11) is 1.32. The summed E-state index contributed by atoms with van der Waals surface area (Å²) in [6.07, 6.45) is 2.15. The molecule has 4 rings (SSSR count). The predicted octanol–water partition coefficient (Wildman–Crippen LogP) is 4.39. The molecule has 2 aliphatic rings. The molecular formula is C24H29FN4O3. The summed E-state index contributed by atoms with van der Waals surface area (Å²) in [5, 5.41) is 12.0. The van der Waals surface area contributed by atoms with Gasteiger partial charge in [0.1, 0.15) is 11.6 Å². The normalized spacial score (nSPS) is 17.2. The first kappa shape index (κ1) is 22.2. The van der Waals surface area contributed by atoms with Crippen molar-refractivity contribution in [1.29, 1.82) is 5.41 Å². The van der Waals surface area contributed by atoms with E-state index in [2.05, 4.69) is 15.2 Å². The van der Waals surface area contributed by atoms with Crippen LogP contribution in [-0.4, -0.2) is 50.1 Å². The number of esters is 1. The first-order chi connectivity index (χ1) is 15.3. The number of aromatic nitrogens is 1. The van der Waals surface area contributed by atoms with E-state index in [4.69, 9.17) is 14.9 Å². The van der Waals surface area contributed by atoms with Crippen molar-refractivity contribution < 1.29 is 18.7 Å². The molecule has 1 aromatic heterocycles. The van der Waals surface area contributed by atoms with Crippen LogP contribution in [0.15, 0.2) is 30.3 Å². The summed E-state index contributed by atoms with van der Waals surface area (Å²) in [6.45, 7) is 7.04. The minimum absolute atomic E-state index is 0.0541. The highest BCUT2D eigenvalue weighted by molar-refractivity contribution is 6.09. The molecule has 0 aliphatic carbocycles. The highest BCUT2D eigenvalue weighted by atomic mass is 19.1. The van der Waals surface area contributed by atoms with Crippen LogP contribution in [0.2, 0.25) is 0 Å². The quantitative estimate of drug-likeness (QED) is 0.512. The van der Waals surface area contributed by atoms with Gasteiger partial charge in [-0.05, 0) is 49.1 Å². The van der Waals surface area contributed by atoms with Crippen molar-refractivity contribution in [1.82, 2.24) is 4.98 Å². The average Bonchev–Trinajstić information content (AvgIpc) is 2.78. The molecule has 2 N–H and O–H groups in total. The summed E-state index contributed by atoms with van der Waals surface area (Å²) in [4.78, 5) is 19.1. The third kappa shape index (κ3) is 4.32. The zero-order chi connectivity index (χ0) is 22.9. The molecule has 0 radical (unpaired) electrons. The number of rotatable bonds is 6. The summed E-state index contributed by atoms with van der Waals surface area (Å²) in [5.41, 5.74) is 2.73. The molecule has 3 heterocycles. The van der Waals surface area contributed by atoms with Crippen molar-refractivity contribution >= 4 is 28.9 Å². The number of methoxy groups -OCH3 is 1. The molecule has 2 aliphatic heterocycles. The van der Waals surface area contributed by atoms with Crippen LogP contribution in [0.3, 0.4) is 0 Å². The van der Waals surface area contributed by atoms with Gasteiger partial charge in [0, 0.05) is 36.5 Å². The maximum absolute atomic E-state index is 13.4. The number of hydrogen-bond acceptors (Lipinski definition) is 7. The van der Waals surface area contributed by atoms with Crippen LogP contribution in [0, 0.1) is 22.6 Å². The second-order valence-corrected chi connectivity index (χ2v) is 8.95. The molecule has 32 heavy (non-hydrogen) atoms. The largest absolute Gasteiger partial charge is 0.464 e. The number of nitrogens with one attached hydrogen (secondary N) is 2. The van der Waals surface area contributed by atoms with Gasteiger partial charge in [0.2, 0.25) is 0 Å². The Labute approximate surface area is 187 Å². The van der Waals surface area contributed by atoms with E-state index in [9.17, 15) is 9.18 Å². The van der Waals surface area contributed by atoms with E-state index in [-0.39, 0.29) is 22.8 Å². The maximum Gasteiger partial charge on any atom is 0.356 e. The standard InChI is InChI=1S/C24H29FN4O3/c1-15(2)21(26)20-19(29-12-24(13-29)9-4-10-32-14-24)11-18(23(30)31-3)28-22(20)27-17-7-5-16(25)6-8-17/h5-8,11,15,26H,4,9-10,12-14H2,1-3H3,(H,27,28). The summed E-state index contributed by atoms with van der Waals surface area (Å²) in [6, 6.07) is 7.61. The monoisotopic (exact) mass is 440 g/mol. The van der Waals surface area contributed by atoms with Gasteiger partial charge >= 0.3 is 5.97 Å². The minimum atomic E-state index is -0.549. The fourth-order valence-electron chi connectivity index (χ4n) is 4.40. The second kappa shape index (κ2) is 8.86. The van der Waals surface area contributed by atoms with E-state index in [1.54, 1.807) is 18.2 Å². The van der Waals surface area contributed by atoms with E-state index in [0.717, 1.165) is 44.8 Å². The van der Waals surface area contributed by atoms with Gasteiger partial charge in [-0.1, -0.05) is 13.8 Å². The number of carbonyl (C=O) groups is 1. The van der Waals surface area contributed by atoms with Crippen molar-refractivity contribution in [2.75, 3.05) is 43.6 Å². The first-order valence-electron chi connectivity index (χ1n) is 10.9. The molecule has 0 unspecified atom stereocenters. The van der Waals surface area contributed by atoms with Gasteiger partial charge in [0.05, 0.1) is 25.0 Å². The van der Waals surface area contributed by atoms with Crippen molar-refractivity contribution in [3.05, 3.63) is 47.4 Å². The number of pyridine rings is 1. The lowest BCUT2D eigenvalue weighted by Gasteiger charge is -2.53. The van der Waals surface area contributed by atoms with Crippen LogP contribution < -0.4 is 10.2 Å². The number of benzene rings is 1. The summed E-state index contributed by atoms with van der Waals surface area (Å²) >= 11 is 0. The third-order valence-electron chi connectivity index (χ3n) is 6.14. The Morgan fingerprint density at radius 2 is 2.03 bits per heavy atom. The van der Waals surface area contributed by atoms with Crippen molar-refractivity contribution in [2.45, 2.75) is 26.7 Å². The lowest BCUT2D eigenvalue weighted by atomic mass is 9.75. The Balaban J connectivity index is 1.78. The minimum Gasteiger partial charge on any atom is -0.464 e. The molecule has 1 spiro atoms. The molecule has 0 amide bonds. The number of halogens is 1. The number of nitrogens with zero attached hydrogens (tertiary/aromatic N) is 2. The summed E-state index contributed by atoms with van der Waals surface area (Å²) < 4.78 is 24.0. The van der Waals surface area contributed by atoms with Crippen molar-refractivity contribution in [2.24, 2.45) is 11.3 Å². The maximum atomic E-state index is 13.4. The van der Waals surface area contributed by atoms with Crippen LogP contribution in [0.25, 0.3) is 0 Å². The molecular weight excluding hydrogens is 411 g/mol. The molecule has 2 fully saturated rings. The van der Waals surface area contributed by atoms with Gasteiger partial charge in [-0.2, -0.15) is 0 Å². The molecule has 0 saturated carbocycles. The van der Waals surface area contributed by atoms with Crippen molar-refractivity contribution in [3.63, 3.8) is 0 Å². The first-order valence-corrected chi connectivity index (χ1v) is 10.9. The number of anilines is 3. The van der Waals surface area contributed by atoms with Crippen LogP contribution in [-0.2, 0) is 9.47 Å². The van der Waals surface area contributed by atoms with Crippen LogP contribution in [0.1, 0.15) is 42.7 Å². The highest BCUT2D eigenvalue weighted by Gasteiger charge is 2.45. The van der Waals surface area contributed by atoms with E-state index >= 15 is 0 Å². The number of carbonyl (C=O) groups excluding carboxylic acids is 1. The Kier molecular flexibility index (Phi) is 6.15. The van der Waals surface area contributed by atoms with Crippen LogP contribution in [0.4, 0.5) is 21.6 Å². The van der Waals surface area contributed by atoms with E-state index in [0.29, 0.717) is 22.8 Å². The predicted molar refractivity (Wildman–Crippen MR) is 122 cm³/mol. The molecule has 0 bridgehead atoms. The van der Waals surface area contributed by atoms with Crippen molar-refractivity contribution in [3.8, 4) is 0 Å². The number of hydrogen-bond donors (Lipinski definition) is 2. The highest BCUT2D eigenvalue weighted by Crippen LogP contribution is 2.43. The summed E-state index contributed by atoms with van der Waals surface area (Å²) in [5.74, 6) is -0.564. The van der Waals surface area contributed by atoms with E-state index in [1.165, 1.54) is 19.2 Å². The third-order valence-corrected chi connectivity index (χ3v) is 6.14. The molecule has 7 nitrogen and oxygen atoms in total. The van der Waals surface area contributed by atoms with E-state index in [1.807, 2.05) is 13.8 Å². The van der Waals surface area contributed by atoms with Gasteiger partial charge in [0.15, 0.2) is 5.69 Å². The lowest BCUT2D eigenvalue weighted by molar-refractivity contribution is -0.0234. The molecule has 2 saturated heterocycles. The smallest absolute Gasteiger partial charge is 0.356 e. The zero-order valence-electron chi connectivity index (χ0n) is 18.7. The lowest BCUT2D eigenvalue weighted by Crippen LogP contribution is -2.60. The average molecular weight is 441 g/mol. The molecule has 1 aromatic carbocycles. The van der Waals surface area contributed by atoms with Gasteiger partial charge < -0.3 is 25.1 Å². The van der Waals surface area contributed by atoms with Gasteiger partial charge in [0.25, 0.3) is 0 Å². The molecule has 8 heteroatoms. The van der Waals surface area contributed by atoms with Gasteiger partial charge in [-0.25, -0.2) is 14.2 Å². The van der Waals surface area contributed by atoms with Gasteiger partial charge in [-0.15, -0.1) is 0 Å². The van der Waals surface area contributed by atoms with Crippen LogP contribution in [0.5, 0.6) is 0 Å². The number of ether oxygens (including phenoxy) is 2. The van der Waals surface area contributed by atoms with E-state index < -0.39 is 5.97 Å². The Morgan fingerprint density at radius 3 is 2.62 bits per heavy atom. The Bertz CT molecular complexity index is 1010. The molecule has 170 valence electrons. The fraction of sp³-hybridized carbons (Fsp3) is 0.458.